The molecule has 1 aromatic carbocycles. The minimum Gasteiger partial charge on any atom is -0.456 e. The van der Waals surface area contributed by atoms with Crippen molar-refractivity contribution < 1.29 is 19.7 Å². The van der Waals surface area contributed by atoms with Crippen molar-refractivity contribution >= 4 is 5.97 Å². The van der Waals surface area contributed by atoms with E-state index in [0.29, 0.717) is 12.0 Å². The first-order valence-corrected chi connectivity index (χ1v) is 5.46. The van der Waals surface area contributed by atoms with Crippen LogP contribution in [0.2, 0.25) is 0 Å². The summed E-state index contributed by atoms with van der Waals surface area (Å²) in [4.78, 5) is 11.0. The molecular formula is C13H14O4. The molecule has 0 saturated heterocycles. The van der Waals surface area contributed by atoms with Crippen LogP contribution in [0.4, 0.5) is 0 Å². The predicted molar refractivity (Wildman–Crippen MR) is 61.0 cm³/mol. The van der Waals surface area contributed by atoms with Crippen LogP contribution >= 0.6 is 0 Å². The van der Waals surface area contributed by atoms with E-state index in [1.54, 1.807) is 30.3 Å². The molecule has 0 radical (unpaired) electrons. The molecule has 0 aliphatic carbocycles. The first kappa shape index (κ1) is 11.8. The van der Waals surface area contributed by atoms with E-state index < -0.39 is 24.3 Å². The lowest BCUT2D eigenvalue weighted by molar-refractivity contribution is -0.155. The normalized spacial score (nSPS) is 22.9. The van der Waals surface area contributed by atoms with Gasteiger partial charge in [0.1, 0.15) is 18.3 Å². The summed E-state index contributed by atoms with van der Waals surface area (Å²) in [7, 11) is 0. The summed E-state index contributed by atoms with van der Waals surface area (Å²) in [6, 6.07) is 8.81. The molecule has 1 aliphatic heterocycles. The van der Waals surface area contributed by atoms with Crippen molar-refractivity contribution in [3.05, 3.63) is 48.0 Å². The van der Waals surface area contributed by atoms with E-state index >= 15 is 0 Å². The number of aliphatic hydroxyl groups excluding tert-OH is 2. The molecule has 1 heterocycles. The molecule has 2 rings (SSSR count). The Bertz CT molecular complexity index is 413. The zero-order valence-corrected chi connectivity index (χ0v) is 9.19. The summed E-state index contributed by atoms with van der Waals surface area (Å²) < 4.78 is 4.95. The summed E-state index contributed by atoms with van der Waals surface area (Å²) in [6.45, 7) is 0. The highest BCUT2D eigenvalue weighted by atomic mass is 16.6. The Morgan fingerprint density at radius 3 is 2.59 bits per heavy atom. The molecule has 1 unspecified atom stereocenters. The second-order valence-corrected chi connectivity index (χ2v) is 3.96. The molecule has 1 aliphatic rings. The second kappa shape index (κ2) is 5.12. The lowest BCUT2D eigenvalue weighted by atomic mass is 9.98. The van der Waals surface area contributed by atoms with Crippen molar-refractivity contribution in [3.63, 3.8) is 0 Å². The van der Waals surface area contributed by atoms with Gasteiger partial charge in [-0.15, -0.1) is 0 Å². The number of aliphatic hydroxyl groups is 2. The minimum absolute atomic E-state index is 0.413. The number of esters is 1. The number of hydrogen-bond donors (Lipinski definition) is 2. The molecule has 0 amide bonds. The number of carbonyl (C=O) groups is 1. The van der Waals surface area contributed by atoms with Crippen LogP contribution in [0.25, 0.3) is 0 Å². The maximum absolute atomic E-state index is 11.0. The summed E-state index contributed by atoms with van der Waals surface area (Å²) in [6.07, 6.45) is 0.501. The third-order valence-corrected chi connectivity index (χ3v) is 2.74. The highest BCUT2D eigenvalue weighted by molar-refractivity contribution is 5.82. The third-order valence-electron chi connectivity index (χ3n) is 2.74. The summed E-state index contributed by atoms with van der Waals surface area (Å²) in [5.74, 6) is -0.486. The summed E-state index contributed by atoms with van der Waals surface area (Å²) >= 11 is 0. The number of cyclic esters (lactones) is 1. The quantitative estimate of drug-likeness (QED) is 0.764. The van der Waals surface area contributed by atoms with Crippen LogP contribution in [-0.4, -0.2) is 28.4 Å². The van der Waals surface area contributed by atoms with E-state index in [9.17, 15) is 15.0 Å². The largest absolute Gasteiger partial charge is 0.456 e. The molecule has 1 aromatic rings. The Kier molecular flexibility index (Phi) is 3.56. The summed E-state index contributed by atoms with van der Waals surface area (Å²) in [5, 5.41) is 19.9. The van der Waals surface area contributed by atoms with Gasteiger partial charge in [0.2, 0.25) is 0 Å². The smallest absolute Gasteiger partial charge is 0.330 e. The highest BCUT2D eigenvalue weighted by Crippen LogP contribution is 2.23. The average molecular weight is 234 g/mol. The van der Waals surface area contributed by atoms with Gasteiger partial charge >= 0.3 is 5.97 Å². The van der Waals surface area contributed by atoms with E-state index in [2.05, 4.69) is 0 Å². The van der Waals surface area contributed by atoms with Crippen molar-refractivity contribution in [2.45, 2.75) is 24.7 Å². The van der Waals surface area contributed by atoms with Gasteiger partial charge in [-0.2, -0.15) is 0 Å². The minimum atomic E-state index is -1.12. The van der Waals surface area contributed by atoms with Gasteiger partial charge in [0.25, 0.3) is 0 Å². The molecule has 0 bridgehead atoms. The van der Waals surface area contributed by atoms with Crippen molar-refractivity contribution in [2.24, 2.45) is 0 Å². The lowest BCUT2D eigenvalue weighted by Crippen LogP contribution is -2.36. The van der Waals surface area contributed by atoms with Crippen LogP contribution in [0, 0.1) is 0 Å². The van der Waals surface area contributed by atoms with Crippen molar-refractivity contribution in [1.29, 1.82) is 0 Å². The van der Waals surface area contributed by atoms with Crippen LogP contribution in [-0.2, 0) is 9.53 Å². The van der Waals surface area contributed by atoms with Gasteiger partial charge in [-0.25, -0.2) is 4.79 Å². The molecule has 90 valence electrons. The van der Waals surface area contributed by atoms with Gasteiger partial charge in [0.05, 0.1) is 0 Å². The number of carbonyl (C=O) groups excluding carboxylic acids is 1. The van der Waals surface area contributed by atoms with E-state index in [1.807, 2.05) is 6.07 Å². The van der Waals surface area contributed by atoms with Crippen LogP contribution in [0.1, 0.15) is 18.1 Å². The molecule has 2 N–H and O–H groups in total. The van der Waals surface area contributed by atoms with Gasteiger partial charge < -0.3 is 14.9 Å². The van der Waals surface area contributed by atoms with E-state index in [1.165, 1.54) is 6.08 Å². The molecule has 0 aromatic heterocycles. The van der Waals surface area contributed by atoms with E-state index in [4.69, 9.17) is 4.74 Å². The number of rotatable bonds is 3. The average Bonchev–Trinajstić information content (AvgIpc) is 2.38. The molecule has 0 spiro atoms. The zero-order chi connectivity index (χ0) is 12.3. The van der Waals surface area contributed by atoms with Gasteiger partial charge in [-0.05, 0) is 5.56 Å². The fourth-order valence-electron chi connectivity index (χ4n) is 1.79. The van der Waals surface area contributed by atoms with E-state index in [0.717, 1.165) is 0 Å². The number of ether oxygens (including phenoxy) is 1. The fourth-order valence-corrected chi connectivity index (χ4v) is 1.79. The van der Waals surface area contributed by atoms with Gasteiger partial charge in [-0.3, -0.25) is 0 Å². The fraction of sp³-hybridized carbons (Fsp3) is 0.308. The maximum Gasteiger partial charge on any atom is 0.330 e. The Labute approximate surface area is 99.2 Å². The third kappa shape index (κ3) is 2.72. The summed E-state index contributed by atoms with van der Waals surface area (Å²) in [5.41, 5.74) is 0.602. The van der Waals surface area contributed by atoms with Gasteiger partial charge in [0.15, 0.2) is 0 Å². The molecule has 4 nitrogen and oxygen atoms in total. The lowest BCUT2D eigenvalue weighted by Gasteiger charge is -2.27. The second-order valence-electron chi connectivity index (χ2n) is 3.96. The molecular weight excluding hydrogens is 220 g/mol. The SMILES string of the molecule is O=C1C=CCC([C@@H](O)[C@@H](O)c2ccccc2)O1. The predicted octanol–water partition coefficient (Wildman–Crippen LogP) is 0.953. The van der Waals surface area contributed by atoms with Gasteiger partial charge in [0, 0.05) is 12.5 Å². The molecule has 0 fully saturated rings. The molecule has 17 heavy (non-hydrogen) atoms. The molecule has 0 saturated carbocycles. The standard InChI is InChI=1S/C13H14O4/c14-11-8-4-7-10(17-11)13(16)12(15)9-5-2-1-3-6-9/h1-6,8,10,12-13,15-16H,7H2/t10?,12-,13+/m0/s1. The Morgan fingerprint density at radius 1 is 1.24 bits per heavy atom. The van der Waals surface area contributed by atoms with Crippen LogP contribution in [0.3, 0.4) is 0 Å². The highest BCUT2D eigenvalue weighted by Gasteiger charge is 2.30. The van der Waals surface area contributed by atoms with Crippen molar-refractivity contribution in [2.75, 3.05) is 0 Å². The Balaban J connectivity index is 2.07. The Morgan fingerprint density at radius 2 is 1.94 bits per heavy atom. The topological polar surface area (TPSA) is 66.8 Å². The van der Waals surface area contributed by atoms with Crippen LogP contribution < -0.4 is 0 Å². The molecule has 3 atom stereocenters. The van der Waals surface area contributed by atoms with Crippen molar-refractivity contribution in [3.8, 4) is 0 Å². The van der Waals surface area contributed by atoms with Gasteiger partial charge in [-0.1, -0.05) is 36.4 Å². The molecule has 4 heteroatoms. The van der Waals surface area contributed by atoms with Crippen molar-refractivity contribution in [1.82, 2.24) is 0 Å². The maximum atomic E-state index is 11.0. The first-order valence-electron chi connectivity index (χ1n) is 5.46. The van der Waals surface area contributed by atoms with Crippen LogP contribution in [0.15, 0.2) is 42.5 Å². The first-order chi connectivity index (χ1) is 8.18. The Hall–Kier alpha value is -1.65. The monoisotopic (exact) mass is 234 g/mol. The number of hydrogen-bond acceptors (Lipinski definition) is 4. The zero-order valence-electron chi connectivity index (χ0n) is 9.19. The van der Waals surface area contributed by atoms with Crippen LogP contribution in [0.5, 0.6) is 0 Å². The number of benzene rings is 1. The van der Waals surface area contributed by atoms with E-state index in [-0.39, 0.29) is 0 Å².